The van der Waals surface area contributed by atoms with Crippen LogP contribution < -0.4 is 10.5 Å². The number of carbonyl (C=O) groups excluding carboxylic acids is 1. The Hall–Kier alpha value is -0.980. The molecule has 0 bridgehead atoms. The first-order chi connectivity index (χ1) is 7.85. The molecule has 0 fully saturated rings. The zero-order valence-electron chi connectivity index (χ0n) is 8.61. The van der Waals surface area contributed by atoms with E-state index >= 15 is 0 Å². The van der Waals surface area contributed by atoms with Crippen molar-refractivity contribution in [2.75, 3.05) is 16.4 Å². The minimum atomic E-state index is -3.49. The number of carbonyl (C=O) groups is 1. The average Bonchev–Trinajstić information content (AvgIpc) is 2.15. The van der Waals surface area contributed by atoms with Gasteiger partial charge in [0.1, 0.15) is 0 Å². The van der Waals surface area contributed by atoms with E-state index in [0.29, 0.717) is 0 Å². The zero-order chi connectivity index (χ0) is 13.1. The molecule has 0 atom stereocenters. The van der Waals surface area contributed by atoms with Gasteiger partial charge in [0.25, 0.3) is 0 Å². The maximum atomic E-state index is 11.4. The third-order valence-electron chi connectivity index (χ3n) is 1.85. The molecule has 1 aromatic carbocycles. The lowest BCUT2D eigenvalue weighted by molar-refractivity contribution is 0.100. The van der Waals surface area contributed by atoms with Gasteiger partial charge in [-0.05, 0) is 18.2 Å². The molecule has 0 aliphatic rings. The quantitative estimate of drug-likeness (QED) is 0.805. The van der Waals surface area contributed by atoms with Gasteiger partial charge in [-0.25, -0.2) is 8.42 Å². The predicted molar refractivity (Wildman–Crippen MR) is 68.1 cm³/mol. The largest absolute Gasteiger partial charge is 0.366 e. The summed E-state index contributed by atoms with van der Waals surface area (Å²) in [7, 11) is -3.49. The minimum absolute atomic E-state index is 0.0115. The summed E-state index contributed by atoms with van der Waals surface area (Å²) in [6.07, 6.45) is 0. The normalized spacial score (nSPS) is 11.2. The fourth-order valence-corrected chi connectivity index (χ4v) is 2.78. The summed E-state index contributed by atoms with van der Waals surface area (Å²) in [5, 5.41) is 0.0866. The molecular weight excluding hydrogens is 287 g/mol. The fourth-order valence-electron chi connectivity index (χ4n) is 1.11. The summed E-state index contributed by atoms with van der Waals surface area (Å²) in [5.41, 5.74) is 5.45. The second-order valence-electron chi connectivity index (χ2n) is 3.17. The van der Waals surface area contributed by atoms with Crippen molar-refractivity contribution in [3.05, 3.63) is 28.8 Å². The highest BCUT2D eigenvalue weighted by Crippen LogP contribution is 2.21. The number of hydrogen-bond acceptors (Lipinski definition) is 3. The van der Waals surface area contributed by atoms with E-state index in [0.717, 1.165) is 0 Å². The molecule has 3 N–H and O–H groups in total. The van der Waals surface area contributed by atoms with Crippen LogP contribution in [0.2, 0.25) is 5.02 Å². The summed E-state index contributed by atoms with van der Waals surface area (Å²) < 4.78 is 25.1. The summed E-state index contributed by atoms with van der Waals surface area (Å²) in [6, 6.07) is 4.06. The second kappa shape index (κ2) is 5.57. The van der Waals surface area contributed by atoms with E-state index in [9.17, 15) is 13.2 Å². The number of amides is 1. The maximum Gasteiger partial charge on any atom is 0.250 e. The van der Waals surface area contributed by atoms with Crippen LogP contribution in [0.5, 0.6) is 0 Å². The van der Waals surface area contributed by atoms with Crippen LogP contribution >= 0.6 is 23.2 Å². The lowest BCUT2D eigenvalue weighted by Gasteiger charge is -2.08. The highest BCUT2D eigenvalue weighted by atomic mass is 35.5. The summed E-state index contributed by atoms with van der Waals surface area (Å²) in [5.74, 6) is -0.892. The van der Waals surface area contributed by atoms with Crippen LogP contribution in [0.4, 0.5) is 5.69 Å². The Morgan fingerprint density at radius 2 is 2.06 bits per heavy atom. The molecule has 94 valence electrons. The number of hydrogen-bond donors (Lipinski definition) is 2. The number of alkyl halides is 1. The molecule has 0 unspecified atom stereocenters. The predicted octanol–water partition coefficient (Wildman–Crippen LogP) is 1.42. The number of primary amides is 1. The van der Waals surface area contributed by atoms with Crippen molar-refractivity contribution in [2.24, 2.45) is 5.73 Å². The maximum absolute atomic E-state index is 11.4. The smallest absolute Gasteiger partial charge is 0.250 e. The van der Waals surface area contributed by atoms with Crippen LogP contribution in [0.25, 0.3) is 0 Å². The van der Waals surface area contributed by atoms with Gasteiger partial charge in [-0.3, -0.25) is 9.52 Å². The molecule has 0 aliphatic heterocycles. The van der Waals surface area contributed by atoms with Crippen LogP contribution in [-0.2, 0) is 10.0 Å². The topological polar surface area (TPSA) is 89.3 Å². The number of nitrogens with two attached hydrogens (primary N) is 1. The molecule has 0 radical (unpaired) electrons. The molecule has 5 nitrogen and oxygen atoms in total. The van der Waals surface area contributed by atoms with E-state index in [4.69, 9.17) is 28.9 Å². The van der Waals surface area contributed by atoms with Gasteiger partial charge in [0.15, 0.2) is 0 Å². The summed E-state index contributed by atoms with van der Waals surface area (Å²) in [4.78, 5) is 10.9. The van der Waals surface area contributed by atoms with Gasteiger partial charge in [-0.1, -0.05) is 11.6 Å². The molecule has 0 heterocycles. The van der Waals surface area contributed by atoms with Gasteiger partial charge >= 0.3 is 0 Å². The molecule has 1 amide bonds. The number of rotatable bonds is 5. The first-order valence-corrected chi connectivity index (χ1v) is 7.08. The van der Waals surface area contributed by atoms with E-state index in [1.165, 1.54) is 18.2 Å². The van der Waals surface area contributed by atoms with Crippen molar-refractivity contribution >= 4 is 44.8 Å². The van der Waals surface area contributed by atoms with Crippen LogP contribution in [0.3, 0.4) is 0 Å². The highest BCUT2D eigenvalue weighted by Gasteiger charge is 2.12. The molecule has 0 saturated heterocycles. The van der Waals surface area contributed by atoms with E-state index < -0.39 is 15.9 Å². The average molecular weight is 297 g/mol. The first-order valence-electron chi connectivity index (χ1n) is 4.51. The molecular formula is C9H10Cl2N2O3S. The zero-order valence-corrected chi connectivity index (χ0v) is 10.9. The first kappa shape index (κ1) is 14.1. The van der Waals surface area contributed by atoms with Gasteiger partial charge in [-0.2, -0.15) is 0 Å². The molecule has 0 saturated carbocycles. The number of sulfonamides is 1. The van der Waals surface area contributed by atoms with E-state index in [-0.39, 0.29) is 27.9 Å². The van der Waals surface area contributed by atoms with E-state index in [1.54, 1.807) is 0 Å². The Morgan fingerprint density at radius 1 is 1.41 bits per heavy atom. The van der Waals surface area contributed by atoms with Gasteiger partial charge in [0, 0.05) is 11.6 Å². The van der Waals surface area contributed by atoms with Gasteiger partial charge < -0.3 is 5.73 Å². The van der Waals surface area contributed by atoms with Crippen LogP contribution in [-0.4, -0.2) is 26.0 Å². The molecule has 1 rings (SSSR count). The van der Waals surface area contributed by atoms with Crippen molar-refractivity contribution < 1.29 is 13.2 Å². The lowest BCUT2D eigenvalue weighted by Crippen LogP contribution is -2.18. The van der Waals surface area contributed by atoms with Crippen LogP contribution in [0.1, 0.15) is 10.4 Å². The second-order valence-corrected chi connectivity index (χ2v) is 5.80. The molecule has 8 heteroatoms. The Kier molecular flexibility index (Phi) is 4.62. The van der Waals surface area contributed by atoms with Crippen molar-refractivity contribution in [3.63, 3.8) is 0 Å². The Balaban J connectivity index is 2.96. The number of benzene rings is 1. The van der Waals surface area contributed by atoms with Crippen molar-refractivity contribution in [3.8, 4) is 0 Å². The van der Waals surface area contributed by atoms with E-state index in [1.807, 2.05) is 0 Å². The number of nitrogens with one attached hydrogen (secondary N) is 1. The SMILES string of the molecule is NC(=O)c1ccc(NS(=O)(=O)CCCl)cc1Cl. The summed E-state index contributed by atoms with van der Waals surface area (Å²) >= 11 is 11.1. The molecule has 0 spiro atoms. The fraction of sp³-hybridized carbons (Fsp3) is 0.222. The van der Waals surface area contributed by atoms with Gasteiger partial charge in [0.2, 0.25) is 15.9 Å². The standard InChI is InChI=1S/C9H10Cl2N2O3S/c10-3-4-17(15,16)13-6-1-2-7(9(12)14)8(11)5-6/h1-2,5,13H,3-4H2,(H2,12,14). The van der Waals surface area contributed by atoms with Crippen molar-refractivity contribution in [1.29, 1.82) is 0 Å². The molecule has 1 aromatic rings. The summed E-state index contributed by atoms with van der Waals surface area (Å²) in [6.45, 7) is 0. The highest BCUT2D eigenvalue weighted by molar-refractivity contribution is 7.92. The van der Waals surface area contributed by atoms with Crippen molar-refractivity contribution in [2.45, 2.75) is 0 Å². The Morgan fingerprint density at radius 3 is 2.53 bits per heavy atom. The molecule has 17 heavy (non-hydrogen) atoms. The van der Waals surface area contributed by atoms with Gasteiger partial charge in [0.05, 0.1) is 16.3 Å². The monoisotopic (exact) mass is 296 g/mol. The Labute approximate surface area is 109 Å². The number of halogens is 2. The van der Waals surface area contributed by atoms with Crippen molar-refractivity contribution in [1.82, 2.24) is 0 Å². The third-order valence-corrected chi connectivity index (χ3v) is 3.87. The van der Waals surface area contributed by atoms with Gasteiger partial charge in [-0.15, -0.1) is 11.6 Å². The van der Waals surface area contributed by atoms with E-state index in [2.05, 4.69) is 4.72 Å². The van der Waals surface area contributed by atoms with Crippen LogP contribution in [0, 0.1) is 0 Å². The third kappa shape index (κ3) is 4.07. The molecule has 0 aromatic heterocycles. The van der Waals surface area contributed by atoms with Crippen LogP contribution in [0.15, 0.2) is 18.2 Å². The molecule has 0 aliphatic carbocycles. The Bertz CT molecular complexity index is 531. The minimum Gasteiger partial charge on any atom is -0.366 e. The lowest BCUT2D eigenvalue weighted by atomic mass is 10.2. The number of anilines is 1.